The zero-order chi connectivity index (χ0) is 23.2. The van der Waals surface area contributed by atoms with E-state index in [1.165, 1.54) is 16.7 Å². The summed E-state index contributed by atoms with van der Waals surface area (Å²) in [4.78, 5) is 3.80. The van der Waals surface area contributed by atoms with E-state index >= 15 is 0 Å². The molecule has 0 amide bonds. The number of benzene rings is 5. The van der Waals surface area contributed by atoms with E-state index in [1.54, 1.807) is 11.8 Å². The molecular weight excluding hydrogens is 452 g/mol. The molecule has 1 atom stereocenters. The first-order valence-corrected chi connectivity index (χ1v) is 13.2. The third kappa shape index (κ3) is 5.06. The fourth-order valence-electron chi connectivity index (χ4n) is 4.08. The lowest BCUT2D eigenvalue weighted by molar-refractivity contribution is 0.681. The monoisotopic (exact) mass is 476 g/mol. The van der Waals surface area contributed by atoms with Crippen LogP contribution in [0.3, 0.4) is 0 Å². The minimum absolute atomic E-state index is 0.130. The molecule has 3 heteroatoms. The molecule has 34 heavy (non-hydrogen) atoms. The van der Waals surface area contributed by atoms with E-state index in [0.717, 1.165) is 19.6 Å². The predicted octanol–water partition coefficient (Wildman–Crippen LogP) is 8.18. The molecule has 0 fully saturated rings. The highest BCUT2D eigenvalue weighted by Gasteiger charge is 2.18. The predicted molar refractivity (Wildman–Crippen MR) is 142 cm³/mol. The van der Waals surface area contributed by atoms with Gasteiger partial charge >= 0.3 is 0 Å². The van der Waals surface area contributed by atoms with Gasteiger partial charge in [-0.2, -0.15) is 0 Å². The Morgan fingerprint density at radius 3 is 1.56 bits per heavy atom. The first-order valence-electron chi connectivity index (χ1n) is 11.2. The van der Waals surface area contributed by atoms with Gasteiger partial charge in [-0.05, 0) is 53.1 Å². The van der Waals surface area contributed by atoms with E-state index in [1.807, 2.05) is 66.7 Å². The summed E-state index contributed by atoms with van der Waals surface area (Å²) in [5.41, 5.74) is 3.67. The molecule has 0 radical (unpaired) electrons. The molecule has 0 saturated carbocycles. The van der Waals surface area contributed by atoms with Crippen molar-refractivity contribution in [3.05, 3.63) is 156 Å². The van der Waals surface area contributed by atoms with Gasteiger partial charge in [0, 0.05) is 20.6 Å². The fraction of sp³-hybridized carbons (Fsp3) is 0.0323. The lowest BCUT2D eigenvalue weighted by atomic mass is 9.85. The Hall–Kier alpha value is -3.40. The molecule has 1 unspecified atom stereocenters. The summed E-state index contributed by atoms with van der Waals surface area (Å²) >= 11 is 1.65. The highest BCUT2D eigenvalue weighted by atomic mass is 32.2. The van der Waals surface area contributed by atoms with Gasteiger partial charge in [-0.3, -0.25) is 0 Å². The van der Waals surface area contributed by atoms with Crippen molar-refractivity contribution in [3.8, 4) is 0 Å². The summed E-state index contributed by atoms with van der Waals surface area (Å²) in [5.74, 6) is 0.130. The number of hydrogen-bond acceptors (Lipinski definition) is 2. The van der Waals surface area contributed by atoms with Gasteiger partial charge < -0.3 is 0 Å². The van der Waals surface area contributed by atoms with Crippen molar-refractivity contribution in [1.29, 1.82) is 0 Å². The molecule has 0 aliphatic rings. The molecule has 5 aromatic carbocycles. The SMILES string of the molecule is O=S(c1ccc(C(c2ccccc2)c2ccccc2)cc1)c1ccccc1Sc1ccccc1. The second-order valence-electron chi connectivity index (χ2n) is 7.95. The van der Waals surface area contributed by atoms with E-state index < -0.39 is 10.8 Å². The van der Waals surface area contributed by atoms with Crippen LogP contribution in [0.5, 0.6) is 0 Å². The summed E-state index contributed by atoms with van der Waals surface area (Å²) < 4.78 is 13.6. The largest absolute Gasteiger partial charge is 0.249 e. The molecule has 0 bridgehead atoms. The number of hydrogen-bond donors (Lipinski definition) is 0. The molecule has 1 nitrogen and oxygen atoms in total. The van der Waals surface area contributed by atoms with Crippen LogP contribution in [0.15, 0.2) is 159 Å². The van der Waals surface area contributed by atoms with Gasteiger partial charge in [-0.25, -0.2) is 4.21 Å². The Labute approximate surface area is 208 Å². The van der Waals surface area contributed by atoms with Gasteiger partial charge in [0.05, 0.1) is 15.7 Å². The van der Waals surface area contributed by atoms with E-state index in [9.17, 15) is 4.21 Å². The Bertz CT molecular complexity index is 1330. The van der Waals surface area contributed by atoms with Crippen molar-refractivity contribution < 1.29 is 4.21 Å². The summed E-state index contributed by atoms with van der Waals surface area (Å²) in [6, 6.07) is 47.5. The second kappa shape index (κ2) is 10.7. The lowest BCUT2D eigenvalue weighted by Crippen LogP contribution is -2.04. The smallest absolute Gasteiger partial charge is 0.0861 e. The van der Waals surface area contributed by atoms with Crippen molar-refractivity contribution >= 4 is 22.6 Å². The average Bonchev–Trinajstić information content (AvgIpc) is 2.91. The van der Waals surface area contributed by atoms with Crippen LogP contribution in [0.25, 0.3) is 0 Å². The first-order chi connectivity index (χ1) is 16.8. The maximum atomic E-state index is 13.6. The first kappa shape index (κ1) is 22.4. The van der Waals surface area contributed by atoms with Crippen LogP contribution in [0.1, 0.15) is 22.6 Å². The molecule has 0 saturated heterocycles. The lowest BCUT2D eigenvalue weighted by Gasteiger charge is -2.19. The molecule has 0 aliphatic carbocycles. The van der Waals surface area contributed by atoms with Gasteiger partial charge in [0.1, 0.15) is 0 Å². The molecule has 0 spiro atoms. The van der Waals surface area contributed by atoms with Gasteiger partial charge in [-0.15, -0.1) is 0 Å². The minimum atomic E-state index is -1.26. The Balaban J connectivity index is 1.46. The van der Waals surface area contributed by atoms with E-state index in [0.29, 0.717) is 0 Å². The second-order valence-corrected chi connectivity index (χ2v) is 10.5. The van der Waals surface area contributed by atoms with Crippen molar-refractivity contribution in [3.63, 3.8) is 0 Å². The Morgan fingerprint density at radius 2 is 0.971 bits per heavy atom. The maximum absolute atomic E-state index is 13.6. The van der Waals surface area contributed by atoms with Gasteiger partial charge in [-0.1, -0.05) is 115 Å². The number of rotatable bonds is 7. The maximum Gasteiger partial charge on any atom is 0.0861 e. The van der Waals surface area contributed by atoms with Crippen LogP contribution >= 0.6 is 11.8 Å². The summed E-state index contributed by atoms with van der Waals surface area (Å²) in [6.07, 6.45) is 0. The van der Waals surface area contributed by atoms with Crippen molar-refractivity contribution in [1.82, 2.24) is 0 Å². The van der Waals surface area contributed by atoms with Crippen molar-refractivity contribution in [2.24, 2.45) is 0 Å². The molecule has 5 rings (SSSR count). The highest BCUT2D eigenvalue weighted by molar-refractivity contribution is 8.00. The molecule has 0 aromatic heterocycles. The zero-order valence-electron chi connectivity index (χ0n) is 18.6. The van der Waals surface area contributed by atoms with Crippen LogP contribution < -0.4 is 0 Å². The third-order valence-electron chi connectivity index (χ3n) is 5.71. The molecule has 0 heterocycles. The Kier molecular flexibility index (Phi) is 7.04. The molecule has 5 aromatic rings. The van der Waals surface area contributed by atoms with Crippen molar-refractivity contribution in [2.45, 2.75) is 25.5 Å². The summed E-state index contributed by atoms with van der Waals surface area (Å²) in [5, 5.41) is 0. The van der Waals surface area contributed by atoms with Crippen LogP contribution in [0, 0.1) is 0 Å². The van der Waals surface area contributed by atoms with Crippen LogP contribution in [-0.2, 0) is 10.8 Å². The molecule has 0 N–H and O–H groups in total. The summed E-state index contributed by atoms with van der Waals surface area (Å²) in [6.45, 7) is 0. The minimum Gasteiger partial charge on any atom is -0.249 e. The Morgan fingerprint density at radius 1 is 0.500 bits per heavy atom. The van der Waals surface area contributed by atoms with Crippen LogP contribution in [0.4, 0.5) is 0 Å². The zero-order valence-corrected chi connectivity index (χ0v) is 20.2. The van der Waals surface area contributed by atoms with Crippen LogP contribution in [-0.4, -0.2) is 4.21 Å². The highest BCUT2D eigenvalue weighted by Crippen LogP contribution is 2.35. The van der Waals surface area contributed by atoms with E-state index in [4.69, 9.17) is 0 Å². The molecular formula is C31H24OS2. The van der Waals surface area contributed by atoms with Gasteiger partial charge in [0.15, 0.2) is 0 Å². The fourth-order valence-corrected chi connectivity index (χ4v) is 6.39. The van der Waals surface area contributed by atoms with Gasteiger partial charge in [0.2, 0.25) is 0 Å². The average molecular weight is 477 g/mol. The van der Waals surface area contributed by atoms with Gasteiger partial charge in [0.25, 0.3) is 0 Å². The van der Waals surface area contributed by atoms with E-state index in [-0.39, 0.29) is 5.92 Å². The quantitative estimate of drug-likeness (QED) is 0.220. The topological polar surface area (TPSA) is 17.1 Å². The standard InChI is InChI=1S/C31H24OS2/c32-34(30-19-11-10-18-29(30)33-27-16-8-3-9-17-27)28-22-20-26(21-23-28)31(24-12-4-1-5-13-24)25-14-6-2-7-15-25/h1-23,31H. The normalized spacial score (nSPS) is 11.9. The van der Waals surface area contributed by atoms with E-state index in [2.05, 4.69) is 72.8 Å². The molecule has 166 valence electrons. The third-order valence-corrected chi connectivity index (χ3v) is 8.38. The van der Waals surface area contributed by atoms with Crippen molar-refractivity contribution in [2.75, 3.05) is 0 Å². The van der Waals surface area contributed by atoms with Crippen LogP contribution in [0.2, 0.25) is 0 Å². The summed E-state index contributed by atoms with van der Waals surface area (Å²) in [7, 11) is -1.26. The molecule has 0 aliphatic heterocycles.